The molecule has 162 valence electrons. The van der Waals surface area contributed by atoms with Crippen LogP contribution in [-0.2, 0) is 4.79 Å². The molecule has 0 spiro atoms. The third kappa shape index (κ3) is 12.9. The summed E-state index contributed by atoms with van der Waals surface area (Å²) in [6.07, 6.45) is 21.0. The van der Waals surface area contributed by atoms with E-state index in [2.05, 4.69) is 24.4 Å². The number of carboxylic acid groups (broad SMARTS) is 1. The maximum absolute atomic E-state index is 12.0. The van der Waals surface area contributed by atoms with Gasteiger partial charge in [-0.25, -0.2) is 4.79 Å². The fourth-order valence-electron chi connectivity index (χ4n) is 3.35. The molecule has 1 rings (SSSR count). The van der Waals surface area contributed by atoms with E-state index < -0.39 is 5.97 Å². The number of hydrogen-bond donors (Lipinski definition) is 2. The highest BCUT2D eigenvalue weighted by atomic mass is 16.4. The van der Waals surface area contributed by atoms with Gasteiger partial charge >= 0.3 is 5.97 Å². The van der Waals surface area contributed by atoms with Crippen LogP contribution in [0.4, 0.5) is 5.69 Å². The number of amides is 1. The summed E-state index contributed by atoms with van der Waals surface area (Å²) in [5, 5.41) is 11.9. The molecule has 1 aromatic carbocycles. The zero-order valence-corrected chi connectivity index (χ0v) is 18.1. The van der Waals surface area contributed by atoms with Crippen molar-refractivity contribution in [1.29, 1.82) is 0 Å². The number of anilines is 1. The number of carbonyl (C=O) groups is 2. The molecule has 0 atom stereocenters. The second-order valence-electron chi connectivity index (χ2n) is 7.73. The molecule has 2 N–H and O–H groups in total. The van der Waals surface area contributed by atoms with Gasteiger partial charge in [0, 0.05) is 6.42 Å². The second kappa shape index (κ2) is 16.8. The van der Waals surface area contributed by atoms with Crippen LogP contribution in [0.5, 0.6) is 0 Å². The Balaban J connectivity index is 1.97. The molecule has 1 aromatic rings. The molecule has 4 nitrogen and oxygen atoms in total. The van der Waals surface area contributed by atoms with Crippen molar-refractivity contribution in [2.24, 2.45) is 0 Å². The Morgan fingerprint density at radius 2 is 1.38 bits per heavy atom. The van der Waals surface area contributed by atoms with Gasteiger partial charge in [-0.2, -0.15) is 0 Å². The molecule has 0 aliphatic rings. The maximum atomic E-state index is 12.0. The molecule has 0 aliphatic heterocycles. The Bertz CT molecular complexity index is 610. The third-order valence-electron chi connectivity index (χ3n) is 5.10. The van der Waals surface area contributed by atoms with E-state index >= 15 is 0 Å². The van der Waals surface area contributed by atoms with E-state index in [0.717, 1.165) is 25.7 Å². The van der Waals surface area contributed by atoms with Gasteiger partial charge in [0.25, 0.3) is 0 Å². The zero-order valence-electron chi connectivity index (χ0n) is 18.1. The van der Waals surface area contributed by atoms with Gasteiger partial charge in [-0.05, 0) is 44.2 Å². The molecule has 0 fully saturated rings. The number of para-hydroxylation sites is 1. The van der Waals surface area contributed by atoms with E-state index in [-0.39, 0.29) is 11.5 Å². The van der Waals surface area contributed by atoms with Gasteiger partial charge in [0.05, 0.1) is 11.3 Å². The Kier molecular flexibility index (Phi) is 14.5. The molecule has 0 saturated carbocycles. The van der Waals surface area contributed by atoms with Crippen LogP contribution in [0.1, 0.15) is 107 Å². The molecule has 0 unspecified atom stereocenters. The number of rotatable bonds is 17. The molecule has 0 aliphatic carbocycles. The quantitative estimate of drug-likeness (QED) is 0.212. The van der Waals surface area contributed by atoms with E-state index in [1.165, 1.54) is 63.9 Å². The van der Waals surface area contributed by atoms with Crippen molar-refractivity contribution in [2.45, 2.75) is 96.8 Å². The number of carbonyl (C=O) groups excluding carboxylic acids is 1. The molecule has 0 heterocycles. The highest BCUT2D eigenvalue weighted by Crippen LogP contribution is 2.16. The first-order valence-electron chi connectivity index (χ1n) is 11.4. The van der Waals surface area contributed by atoms with Crippen molar-refractivity contribution in [3.63, 3.8) is 0 Å². The normalized spacial score (nSPS) is 11.1. The Labute approximate surface area is 176 Å². The van der Waals surface area contributed by atoms with E-state index in [1.807, 2.05) is 0 Å². The molecule has 4 heteroatoms. The van der Waals surface area contributed by atoms with E-state index in [9.17, 15) is 9.59 Å². The molecule has 1 amide bonds. The third-order valence-corrected chi connectivity index (χ3v) is 5.10. The van der Waals surface area contributed by atoms with Crippen molar-refractivity contribution in [3.8, 4) is 0 Å². The number of carboxylic acids is 1. The van der Waals surface area contributed by atoms with Crippen molar-refractivity contribution in [2.75, 3.05) is 5.32 Å². The van der Waals surface area contributed by atoms with Crippen molar-refractivity contribution in [3.05, 3.63) is 42.0 Å². The fraction of sp³-hybridized carbons (Fsp3) is 0.600. The van der Waals surface area contributed by atoms with Gasteiger partial charge < -0.3 is 10.4 Å². The standard InChI is InChI=1S/C25H39NO3/c1-2-3-4-5-6-7-8-9-10-11-12-13-14-15-16-21-24(27)26-23-20-18-17-19-22(23)25(28)29/h9-10,17-20H,2-8,11-16,21H2,1H3,(H,26,27)(H,28,29). The topological polar surface area (TPSA) is 66.4 Å². The number of aromatic carboxylic acids is 1. The molecular formula is C25H39NO3. The monoisotopic (exact) mass is 401 g/mol. The van der Waals surface area contributed by atoms with E-state index in [1.54, 1.807) is 18.2 Å². The van der Waals surface area contributed by atoms with Crippen LogP contribution in [0.25, 0.3) is 0 Å². The highest BCUT2D eigenvalue weighted by molar-refractivity contribution is 6.00. The lowest BCUT2D eigenvalue weighted by molar-refractivity contribution is -0.116. The van der Waals surface area contributed by atoms with Crippen LogP contribution < -0.4 is 5.32 Å². The maximum Gasteiger partial charge on any atom is 0.337 e. The number of unbranched alkanes of at least 4 members (excludes halogenated alkanes) is 11. The smallest absolute Gasteiger partial charge is 0.337 e. The van der Waals surface area contributed by atoms with Gasteiger partial charge in [0.2, 0.25) is 5.91 Å². The SMILES string of the molecule is CCCCCCCCC=CCCCCCCCC(=O)Nc1ccccc1C(=O)O. The number of allylic oxidation sites excluding steroid dienone is 2. The largest absolute Gasteiger partial charge is 0.478 e. The van der Waals surface area contributed by atoms with Gasteiger partial charge in [0.15, 0.2) is 0 Å². The molecule has 29 heavy (non-hydrogen) atoms. The number of nitrogens with one attached hydrogen (secondary N) is 1. The predicted molar refractivity (Wildman–Crippen MR) is 121 cm³/mol. The summed E-state index contributed by atoms with van der Waals surface area (Å²) in [5.41, 5.74) is 0.503. The summed E-state index contributed by atoms with van der Waals surface area (Å²) >= 11 is 0. The number of hydrogen-bond acceptors (Lipinski definition) is 2. The number of benzene rings is 1. The highest BCUT2D eigenvalue weighted by Gasteiger charge is 2.11. The van der Waals surface area contributed by atoms with Crippen molar-refractivity contribution >= 4 is 17.6 Å². The minimum atomic E-state index is -1.03. The van der Waals surface area contributed by atoms with Crippen LogP contribution in [0.2, 0.25) is 0 Å². The first kappa shape index (κ1) is 24.9. The van der Waals surface area contributed by atoms with Crippen LogP contribution >= 0.6 is 0 Å². The molecule has 0 saturated heterocycles. The molecule has 0 bridgehead atoms. The van der Waals surface area contributed by atoms with Crippen LogP contribution in [0.3, 0.4) is 0 Å². The lowest BCUT2D eigenvalue weighted by Crippen LogP contribution is -2.14. The average Bonchev–Trinajstić information content (AvgIpc) is 2.71. The van der Waals surface area contributed by atoms with Crippen molar-refractivity contribution in [1.82, 2.24) is 0 Å². The minimum Gasteiger partial charge on any atom is -0.478 e. The molecular weight excluding hydrogens is 362 g/mol. The van der Waals surface area contributed by atoms with Crippen LogP contribution in [0, 0.1) is 0 Å². The summed E-state index contributed by atoms with van der Waals surface area (Å²) in [5.74, 6) is -1.14. The van der Waals surface area contributed by atoms with Crippen molar-refractivity contribution < 1.29 is 14.7 Å². The molecule has 0 radical (unpaired) electrons. The van der Waals surface area contributed by atoms with Gasteiger partial charge in [-0.15, -0.1) is 0 Å². The first-order valence-corrected chi connectivity index (χ1v) is 11.4. The second-order valence-corrected chi connectivity index (χ2v) is 7.73. The molecule has 0 aromatic heterocycles. The summed E-state index contributed by atoms with van der Waals surface area (Å²) in [6.45, 7) is 2.25. The summed E-state index contributed by atoms with van der Waals surface area (Å²) in [4.78, 5) is 23.2. The zero-order chi connectivity index (χ0) is 21.2. The van der Waals surface area contributed by atoms with E-state index in [0.29, 0.717) is 12.1 Å². The van der Waals surface area contributed by atoms with Gasteiger partial charge in [-0.1, -0.05) is 82.6 Å². The van der Waals surface area contributed by atoms with Gasteiger partial charge in [-0.3, -0.25) is 4.79 Å². The summed E-state index contributed by atoms with van der Waals surface area (Å²) in [6, 6.07) is 6.51. The van der Waals surface area contributed by atoms with Crippen LogP contribution in [0.15, 0.2) is 36.4 Å². The van der Waals surface area contributed by atoms with E-state index in [4.69, 9.17) is 5.11 Å². The van der Waals surface area contributed by atoms with Gasteiger partial charge in [0.1, 0.15) is 0 Å². The lowest BCUT2D eigenvalue weighted by atomic mass is 10.1. The fourth-order valence-corrected chi connectivity index (χ4v) is 3.35. The summed E-state index contributed by atoms with van der Waals surface area (Å²) in [7, 11) is 0. The minimum absolute atomic E-state index is 0.115. The summed E-state index contributed by atoms with van der Waals surface area (Å²) < 4.78 is 0. The Morgan fingerprint density at radius 1 is 0.828 bits per heavy atom. The Morgan fingerprint density at radius 3 is 2.00 bits per heavy atom. The average molecular weight is 402 g/mol. The lowest BCUT2D eigenvalue weighted by Gasteiger charge is -2.08. The first-order chi connectivity index (χ1) is 14.1. The predicted octanol–water partition coefficient (Wildman–Crippen LogP) is 7.36. The Hall–Kier alpha value is -2.10. The van der Waals surface area contributed by atoms with Crippen LogP contribution in [-0.4, -0.2) is 17.0 Å².